The molecule has 3 aliphatic carbocycles. The van der Waals surface area contributed by atoms with Crippen molar-refractivity contribution in [3.05, 3.63) is 23.3 Å². The molecule has 0 aromatic heterocycles. The number of ketones is 1. The predicted molar refractivity (Wildman–Crippen MR) is 109 cm³/mol. The Morgan fingerprint density at radius 2 is 1.89 bits per heavy atom. The molecule has 154 valence electrons. The van der Waals surface area contributed by atoms with E-state index in [1.807, 2.05) is 6.07 Å². The van der Waals surface area contributed by atoms with Gasteiger partial charge in [0.1, 0.15) is 11.5 Å². The number of hydrogen-bond donors (Lipinski definition) is 2. The van der Waals surface area contributed by atoms with Crippen molar-refractivity contribution in [2.75, 3.05) is 38.3 Å². The lowest BCUT2D eigenvalue weighted by Crippen LogP contribution is -2.43. The molecule has 0 heterocycles. The highest BCUT2D eigenvalue weighted by Gasteiger charge is 2.54. The number of aliphatic hydroxyl groups is 2. The lowest BCUT2D eigenvalue weighted by Gasteiger charge is -2.49. The van der Waals surface area contributed by atoms with Crippen molar-refractivity contribution in [3.8, 4) is 5.75 Å². The second kappa shape index (κ2) is 7.68. The fourth-order valence-electron chi connectivity index (χ4n) is 6.49. The molecule has 0 spiro atoms. The zero-order valence-electron chi connectivity index (χ0n) is 17.1. The van der Waals surface area contributed by atoms with E-state index >= 15 is 0 Å². The highest BCUT2D eigenvalue weighted by atomic mass is 16.5. The summed E-state index contributed by atoms with van der Waals surface area (Å²) in [5.41, 5.74) is 3.65. The Morgan fingerprint density at radius 3 is 2.57 bits per heavy atom. The number of methoxy groups -OCH3 is 1. The number of hydrogen-bond acceptors (Lipinski definition) is 5. The summed E-state index contributed by atoms with van der Waals surface area (Å²) in [6.07, 6.45) is 5.95. The van der Waals surface area contributed by atoms with Gasteiger partial charge in [0.15, 0.2) is 0 Å². The van der Waals surface area contributed by atoms with Crippen LogP contribution in [-0.2, 0) is 11.2 Å². The SMILES string of the molecule is COc1ccc2c(c1N(CCO)CCO)CCC1C2CCC2(C)C(=O)CCC12. The number of benzene rings is 1. The van der Waals surface area contributed by atoms with E-state index in [0.717, 1.165) is 50.0 Å². The number of nitrogens with zero attached hydrogens (tertiary/aromatic N) is 1. The largest absolute Gasteiger partial charge is 0.495 e. The van der Waals surface area contributed by atoms with Gasteiger partial charge in [0, 0.05) is 24.9 Å². The molecule has 28 heavy (non-hydrogen) atoms. The van der Waals surface area contributed by atoms with Crippen molar-refractivity contribution in [3.63, 3.8) is 0 Å². The monoisotopic (exact) mass is 387 g/mol. The summed E-state index contributed by atoms with van der Waals surface area (Å²) >= 11 is 0. The summed E-state index contributed by atoms with van der Waals surface area (Å²) in [6.45, 7) is 3.26. The Balaban J connectivity index is 1.74. The van der Waals surface area contributed by atoms with Gasteiger partial charge in [-0.15, -0.1) is 0 Å². The molecule has 3 aliphatic rings. The molecular weight excluding hydrogens is 354 g/mol. The van der Waals surface area contributed by atoms with Gasteiger partial charge in [-0.1, -0.05) is 13.0 Å². The van der Waals surface area contributed by atoms with Crippen LogP contribution in [0.15, 0.2) is 12.1 Å². The maximum absolute atomic E-state index is 12.6. The molecule has 0 amide bonds. The molecule has 2 fully saturated rings. The van der Waals surface area contributed by atoms with Crippen LogP contribution in [0.5, 0.6) is 5.75 Å². The van der Waals surface area contributed by atoms with Crippen LogP contribution in [0.2, 0.25) is 0 Å². The van der Waals surface area contributed by atoms with Gasteiger partial charge in [0.05, 0.1) is 26.0 Å². The number of carbonyl (C=O) groups is 1. The Bertz CT molecular complexity index is 742. The third kappa shape index (κ3) is 2.94. The van der Waals surface area contributed by atoms with Gasteiger partial charge >= 0.3 is 0 Å². The summed E-state index contributed by atoms with van der Waals surface area (Å²) in [4.78, 5) is 14.6. The maximum atomic E-state index is 12.6. The number of carbonyl (C=O) groups excluding carboxylic acids is 1. The van der Waals surface area contributed by atoms with Gasteiger partial charge in [-0.3, -0.25) is 4.79 Å². The first-order chi connectivity index (χ1) is 13.5. The molecule has 4 unspecified atom stereocenters. The average Bonchev–Trinajstić information content (AvgIpc) is 3.01. The second-order valence-electron chi connectivity index (χ2n) is 8.95. The first kappa shape index (κ1) is 19.7. The first-order valence-corrected chi connectivity index (χ1v) is 10.7. The zero-order chi connectivity index (χ0) is 19.9. The summed E-state index contributed by atoms with van der Waals surface area (Å²) in [7, 11) is 1.68. The maximum Gasteiger partial charge on any atom is 0.142 e. The first-order valence-electron chi connectivity index (χ1n) is 10.7. The van der Waals surface area contributed by atoms with Gasteiger partial charge in [-0.05, 0) is 67.1 Å². The molecule has 0 saturated heterocycles. The minimum absolute atomic E-state index is 0.0431. The van der Waals surface area contributed by atoms with E-state index < -0.39 is 0 Å². The van der Waals surface area contributed by atoms with Gasteiger partial charge in [-0.2, -0.15) is 0 Å². The van der Waals surface area contributed by atoms with Crippen molar-refractivity contribution in [1.82, 2.24) is 0 Å². The van der Waals surface area contributed by atoms with Crippen molar-refractivity contribution in [2.24, 2.45) is 17.3 Å². The molecule has 4 atom stereocenters. The lowest BCUT2D eigenvalue weighted by atomic mass is 9.55. The Kier molecular flexibility index (Phi) is 5.41. The van der Waals surface area contributed by atoms with Crippen LogP contribution >= 0.6 is 0 Å². The van der Waals surface area contributed by atoms with Crippen molar-refractivity contribution in [1.29, 1.82) is 0 Å². The van der Waals surface area contributed by atoms with Crippen molar-refractivity contribution in [2.45, 2.75) is 51.4 Å². The summed E-state index contributed by atoms with van der Waals surface area (Å²) in [6, 6.07) is 4.27. The third-order valence-corrected chi connectivity index (χ3v) is 7.83. The third-order valence-electron chi connectivity index (χ3n) is 7.83. The predicted octanol–water partition coefficient (Wildman–Crippen LogP) is 2.91. The Hall–Kier alpha value is -1.59. The number of aliphatic hydroxyl groups excluding tert-OH is 2. The molecule has 0 aliphatic heterocycles. The quantitative estimate of drug-likeness (QED) is 0.785. The van der Waals surface area contributed by atoms with E-state index in [0.29, 0.717) is 36.6 Å². The van der Waals surface area contributed by atoms with Crippen LogP contribution in [0.25, 0.3) is 0 Å². The van der Waals surface area contributed by atoms with E-state index in [4.69, 9.17) is 4.74 Å². The van der Waals surface area contributed by atoms with Crippen LogP contribution in [0, 0.1) is 17.3 Å². The van der Waals surface area contributed by atoms with Crippen LogP contribution in [0.3, 0.4) is 0 Å². The van der Waals surface area contributed by atoms with Gasteiger partial charge in [0.2, 0.25) is 0 Å². The Labute approximate surface area is 167 Å². The van der Waals surface area contributed by atoms with E-state index in [9.17, 15) is 15.0 Å². The van der Waals surface area contributed by atoms with Crippen LogP contribution < -0.4 is 9.64 Å². The molecular formula is C23H33NO4. The summed E-state index contributed by atoms with van der Waals surface area (Å²) < 4.78 is 5.67. The summed E-state index contributed by atoms with van der Waals surface area (Å²) in [5, 5.41) is 19.1. The number of fused-ring (bicyclic) bond motifs is 5. The average molecular weight is 388 g/mol. The van der Waals surface area contributed by atoms with Crippen molar-refractivity contribution < 1.29 is 19.7 Å². The molecule has 2 N–H and O–H groups in total. The minimum atomic E-state index is -0.103. The van der Waals surface area contributed by atoms with Gasteiger partial charge < -0.3 is 19.8 Å². The van der Waals surface area contributed by atoms with Crippen LogP contribution in [0.1, 0.15) is 56.1 Å². The normalized spacial score (nSPS) is 31.1. The molecule has 0 bridgehead atoms. The highest BCUT2D eigenvalue weighted by molar-refractivity contribution is 5.87. The van der Waals surface area contributed by atoms with E-state index in [-0.39, 0.29) is 18.6 Å². The molecule has 5 nitrogen and oxygen atoms in total. The van der Waals surface area contributed by atoms with Crippen LogP contribution in [0.4, 0.5) is 5.69 Å². The second-order valence-corrected chi connectivity index (χ2v) is 8.95. The van der Waals surface area contributed by atoms with Crippen LogP contribution in [-0.4, -0.2) is 49.4 Å². The Morgan fingerprint density at radius 1 is 1.14 bits per heavy atom. The van der Waals surface area contributed by atoms with E-state index in [2.05, 4.69) is 17.9 Å². The highest BCUT2D eigenvalue weighted by Crippen LogP contribution is 2.60. The number of rotatable bonds is 6. The molecule has 1 aromatic rings. The van der Waals surface area contributed by atoms with E-state index in [1.54, 1.807) is 7.11 Å². The molecule has 4 rings (SSSR count). The number of Topliss-reactive ketones (excluding diaryl/α,β-unsaturated/α-hetero) is 1. The van der Waals surface area contributed by atoms with E-state index in [1.165, 1.54) is 11.1 Å². The van der Waals surface area contributed by atoms with Gasteiger partial charge in [-0.25, -0.2) is 0 Å². The molecule has 1 aromatic carbocycles. The lowest BCUT2D eigenvalue weighted by molar-refractivity contribution is -0.129. The van der Waals surface area contributed by atoms with Gasteiger partial charge in [0.25, 0.3) is 0 Å². The standard InChI is InChI=1S/C23H33NO4/c1-23-10-9-16-15-5-7-20(28-2)22(24(11-13-25)12-14-26)18(15)4-3-17(16)19(23)6-8-21(23)27/h5,7,16-17,19,25-26H,3-4,6,8-14H2,1-2H3. The summed E-state index contributed by atoms with van der Waals surface area (Å²) in [5.74, 6) is 2.90. The zero-order valence-corrected chi connectivity index (χ0v) is 17.1. The number of anilines is 1. The molecule has 2 saturated carbocycles. The minimum Gasteiger partial charge on any atom is -0.495 e. The topological polar surface area (TPSA) is 70.0 Å². The fraction of sp³-hybridized carbons (Fsp3) is 0.696. The smallest absolute Gasteiger partial charge is 0.142 e. The number of ether oxygens (including phenoxy) is 1. The fourth-order valence-corrected chi connectivity index (χ4v) is 6.49. The molecule has 0 radical (unpaired) electrons. The van der Waals surface area contributed by atoms with Crippen molar-refractivity contribution >= 4 is 11.5 Å². The molecule has 5 heteroatoms.